The number of hydrogen-bond donors (Lipinski definition) is 0. The van der Waals surface area contributed by atoms with Gasteiger partial charge < -0.3 is 0 Å². The minimum absolute atomic E-state index is 0.747. The molecule has 0 aliphatic rings. The summed E-state index contributed by atoms with van der Waals surface area (Å²) < 4.78 is 0. The molecular weight excluding hydrogens is 324 g/mol. The Bertz CT molecular complexity index is 455. The fraction of sp³-hybridized carbons (Fsp3) is 0.778. The van der Waals surface area contributed by atoms with Gasteiger partial charge in [-0.3, -0.25) is 0 Å². The van der Waals surface area contributed by atoms with E-state index in [1.54, 1.807) is 16.7 Å². The van der Waals surface area contributed by atoms with Crippen molar-refractivity contribution in [2.75, 3.05) is 0 Å². The van der Waals surface area contributed by atoms with Gasteiger partial charge in [0.1, 0.15) is 0 Å². The molecule has 0 bridgehead atoms. The van der Waals surface area contributed by atoms with Gasteiger partial charge in [0.25, 0.3) is 0 Å². The molecule has 0 heterocycles. The molecule has 0 aliphatic heterocycles. The molecule has 0 fully saturated rings. The van der Waals surface area contributed by atoms with Crippen molar-refractivity contribution in [3.05, 3.63) is 34.4 Å². The molecule has 0 atom stereocenters. The molecule has 0 heteroatoms. The Balaban J connectivity index is 0.00000326. The van der Waals surface area contributed by atoms with Gasteiger partial charge >= 0.3 is 0 Å². The molecule has 0 unspecified atom stereocenters. The lowest BCUT2D eigenvalue weighted by Crippen LogP contribution is -2.02. The van der Waals surface area contributed by atoms with Crippen LogP contribution in [-0.2, 0) is 19.3 Å². The molecule has 0 saturated carbocycles. The van der Waals surface area contributed by atoms with E-state index in [-0.39, 0.29) is 0 Å². The van der Waals surface area contributed by atoms with Crippen molar-refractivity contribution in [2.45, 2.75) is 132 Å². The Kier molecular flexibility index (Phi) is 16.8. The highest BCUT2D eigenvalue weighted by molar-refractivity contribution is 5.38. The highest BCUT2D eigenvalue weighted by Crippen LogP contribution is 2.22. The molecule has 0 aliphatic carbocycles. The van der Waals surface area contributed by atoms with Crippen LogP contribution in [0.15, 0.2) is 12.1 Å². The van der Waals surface area contributed by atoms with Crippen LogP contribution < -0.4 is 0 Å². The van der Waals surface area contributed by atoms with Crippen molar-refractivity contribution in [3.63, 3.8) is 0 Å². The average molecular weight is 375 g/mol. The van der Waals surface area contributed by atoms with E-state index in [1.807, 2.05) is 13.8 Å². The van der Waals surface area contributed by atoms with Crippen LogP contribution in [0.2, 0.25) is 0 Å². The zero-order chi connectivity index (χ0) is 20.5. The Morgan fingerprint density at radius 1 is 0.667 bits per heavy atom. The second-order valence-electron chi connectivity index (χ2n) is 8.43. The quantitative estimate of drug-likeness (QED) is 0.285. The molecule has 1 aromatic carbocycles. The summed E-state index contributed by atoms with van der Waals surface area (Å²) in [6.07, 6.45) is 17.9. The van der Waals surface area contributed by atoms with Crippen LogP contribution >= 0.6 is 0 Å². The van der Waals surface area contributed by atoms with Crippen LogP contribution in [0, 0.1) is 12.8 Å². The molecule has 1 aromatic rings. The topological polar surface area (TPSA) is 0 Å². The monoisotopic (exact) mass is 374 g/mol. The van der Waals surface area contributed by atoms with Gasteiger partial charge in [-0.2, -0.15) is 0 Å². The minimum Gasteiger partial charge on any atom is -0.0683 e. The third kappa shape index (κ3) is 12.3. The highest BCUT2D eigenvalue weighted by Gasteiger charge is 2.08. The van der Waals surface area contributed by atoms with Gasteiger partial charge in [-0.15, -0.1) is 0 Å². The first-order valence-electron chi connectivity index (χ1n) is 12.2. The molecule has 0 nitrogen and oxygen atoms in total. The first-order chi connectivity index (χ1) is 13.1. The maximum atomic E-state index is 2.50. The van der Waals surface area contributed by atoms with Gasteiger partial charge in [-0.1, -0.05) is 111 Å². The number of rotatable bonds is 14. The smallest absolute Gasteiger partial charge is 0.0253 e. The Morgan fingerprint density at radius 2 is 1.19 bits per heavy atom. The maximum absolute atomic E-state index is 2.50. The zero-order valence-corrected chi connectivity index (χ0v) is 19.9. The first kappa shape index (κ1) is 26.2. The lowest BCUT2D eigenvalue weighted by atomic mass is 9.90. The van der Waals surface area contributed by atoms with Gasteiger partial charge in [0, 0.05) is 0 Å². The number of benzene rings is 1. The van der Waals surface area contributed by atoms with Gasteiger partial charge in [-0.25, -0.2) is 0 Å². The molecule has 158 valence electrons. The molecule has 27 heavy (non-hydrogen) atoms. The van der Waals surface area contributed by atoms with Gasteiger partial charge in [0.05, 0.1) is 0 Å². The number of aryl methyl sites for hydroxylation is 3. The van der Waals surface area contributed by atoms with E-state index in [0.29, 0.717) is 0 Å². The summed E-state index contributed by atoms with van der Waals surface area (Å²) in [5, 5.41) is 0. The average Bonchev–Trinajstić information content (AvgIpc) is 2.66. The van der Waals surface area contributed by atoms with Crippen LogP contribution in [0.4, 0.5) is 0 Å². The summed E-state index contributed by atoms with van der Waals surface area (Å²) >= 11 is 0. The van der Waals surface area contributed by atoms with Gasteiger partial charge in [0.15, 0.2) is 0 Å². The van der Waals surface area contributed by atoms with Crippen molar-refractivity contribution >= 4 is 0 Å². The summed E-state index contributed by atoms with van der Waals surface area (Å²) in [4.78, 5) is 0. The number of hydrogen-bond acceptors (Lipinski definition) is 0. The number of unbranched alkanes of at least 4 members (excludes halogenated alkanes) is 9. The normalized spacial score (nSPS) is 10.8. The molecule has 0 aromatic heterocycles. The molecule has 0 N–H and O–H groups in total. The van der Waals surface area contributed by atoms with Crippen LogP contribution in [-0.4, -0.2) is 0 Å². The van der Waals surface area contributed by atoms with E-state index in [4.69, 9.17) is 0 Å². The second-order valence-corrected chi connectivity index (χ2v) is 8.43. The van der Waals surface area contributed by atoms with Crippen molar-refractivity contribution in [2.24, 2.45) is 5.92 Å². The van der Waals surface area contributed by atoms with Crippen LogP contribution in [0.3, 0.4) is 0 Å². The van der Waals surface area contributed by atoms with Crippen LogP contribution in [0.25, 0.3) is 0 Å². The molecule has 0 amide bonds. The van der Waals surface area contributed by atoms with Crippen molar-refractivity contribution < 1.29 is 0 Å². The third-order valence-corrected chi connectivity index (χ3v) is 5.47. The Hall–Kier alpha value is -0.780. The summed E-state index contributed by atoms with van der Waals surface area (Å²) in [5.74, 6) is 0.747. The van der Waals surface area contributed by atoms with Crippen molar-refractivity contribution in [3.8, 4) is 0 Å². The maximum Gasteiger partial charge on any atom is -0.0253 e. The van der Waals surface area contributed by atoms with Gasteiger partial charge in [-0.05, 0) is 60.8 Å². The van der Waals surface area contributed by atoms with E-state index in [9.17, 15) is 0 Å². The van der Waals surface area contributed by atoms with E-state index < -0.39 is 0 Å². The molecular formula is C27H50. The highest BCUT2D eigenvalue weighted by atomic mass is 14.1. The molecule has 0 saturated heterocycles. The summed E-state index contributed by atoms with van der Waals surface area (Å²) in [6.45, 7) is 15.6. The summed E-state index contributed by atoms with van der Waals surface area (Å²) in [6, 6.07) is 4.99. The van der Waals surface area contributed by atoms with E-state index in [1.165, 1.54) is 89.0 Å². The van der Waals surface area contributed by atoms with Crippen molar-refractivity contribution in [1.82, 2.24) is 0 Å². The molecule has 0 spiro atoms. The van der Waals surface area contributed by atoms with Gasteiger partial charge in [0.2, 0.25) is 0 Å². The zero-order valence-electron chi connectivity index (χ0n) is 19.9. The molecule has 1 rings (SSSR count). The third-order valence-electron chi connectivity index (χ3n) is 5.47. The standard InChI is InChI=1S/C25H44.C2H6/c1-6-8-9-10-11-12-13-14-15-16-17-24-19-22(5)25(18-21(3)4)20-23(24)7-2;1-2/h19-21H,6-18H2,1-5H3;1-2H3. The summed E-state index contributed by atoms with van der Waals surface area (Å²) in [5.41, 5.74) is 6.29. The van der Waals surface area contributed by atoms with Crippen LogP contribution in [0.1, 0.15) is 128 Å². The van der Waals surface area contributed by atoms with E-state index in [0.717, 1.165) is 5.92 Å². The fourth-order valence-corrected chi connectivity index (χ4v) is 3.89. The second kappa shape index (κ2) is 17.3. The lowest BCUT2D eigenvalue weighted by molar-refractivity contribution is 0.556. The van der Waals surface area contributed by atoms with Crippen molar-refractivity contribution in [1.29, 1.82) is 0 Å². The largest absolute Gasteiger partial charge is 0.0683 e. The summed E-state index contributed by atoms with van der Waals surface area (Å²) in [7, 11) is 0. The predicted octanol–water partition coefficient (Wildman–Crippen LogP) is 9.25. The molecule has 0 radical (unpaired) electrons. The SMILES string of the molecule is CC.CCCCCCCCCCCCc1cc(C)c(CC(C)C)cc1CC. The fourth-order valence-electron chi connectivity index (χ4n) is 3.89. The Morgan fingerprint density at radius 3 is 1.67 bits per heavy atom. The Labute approximate surface area is 172 Å². The van der Waals surface area contributed by atoms with E-state index in [2.05, 4.69) is 46.8 Å². The van der Waals surface area contributed by atoms with Crippen LogP contribution in [0.5, 0.6) is 0 Å². The first-order valence-corrected chi connectivity index (χ1v) is 12.2. The predicted molar refractivity (Wildman–Crippen MR) is 126 cm³/mol. The van der Waals surface area contributed by atoms with E-state index >= 15 is 0 Å². The lowest BCUT2D eigenvalue weighted by Gasteiger charge is -2.15. The minimum atomic E-state index is 0.747.